The summed E-state index contributed by atoms with van der Waals surface area (Å²) in [6.07, 6.45) is -0.414. The number of thiophene rings is 1. The predicted molar refractivity (Wildman–Crippen MR) is 80.0 cm³/mol. The van der Waals surface area contributed by atoms with Crippen molar-refractivity contribution in [3.8, 4) is 0 Å². The first-order valence-corrected chi connectivity index (χ1v) is 6.94. The topological polar surface area (TPSA) is 38.3 Å². The summed E-state index contributed by atoms with van der Waals surface area (Å²) in [6.45, 7) is 2.16. The van der Waals surface area contributed by atoms with Gasteiger partial charge in [-0.05, 0) is 25.1 Å². The van der Waals surface area contributed by atoms with Gasteiger partial charge < -0.3 is 4.74 Å². The molecule has 19 heavy (non-hydrogen) atoms. The van der Waals surface area contributed by atoms with Crippen molar-refractivity contribution in [3.63, 3.8) is 0 Å². The Morgan fingerprint density at radius 2 is 1.95 bits per heavy atom. The standard InChI is InChI=1S/C15H13NO2S/c1-2-18-15(17)16-10-7-8-12-11-5-3-4-6-13(11)19-14(12)9-10/h3-9H,2H2,1H3,(H,16,17). The maximum atomic E-state index is 11.4. The molecule has 1 amide bonds. The number of benzene rings is 2. The molecular formula is C15H13NO2S. The zero-order chi connectivity index (χ0) is 13.2. The van der Waals surface area contributed by atoms with Crippen LogP contribution in [0, 0.1) is 0 Å². The highest BCUT2D eigenvalue weighted by atomic mass is 32.1. The van der Waals surface area contributed by atoms with Crippen LogP contribution in [0.2, 0.25) is 0 Å². The van der Waals surface area contributed by atoms with Gasteiger partial charge in [0.15, 0.2) is 0 Å². The lowest BCUT2D eigenvalue weighted by Gasteiger charge is -2.04. The number of hydrogen-bond acceptors (Lipinski definition) is 3. The van der Waals surface area contributed by atoms with E-state index in [9.17, 15) is 4.79 Å². The number of ether oxygens (including phenoxy) is 1. The molecule has 3 nitrogen and oxygen atoms in total. The smallest absolute Gasteiger partial charge is 0.411 e. The summed E-state index contributed by atoms with van der Waals surface area (Å²) >= 11 is 1.72. The maximum absolute atomic E-state index is 11.4. The van der Waals surface area contributed by atoms with Crippen LogP contribution in [-0.2, 0) is 4.74 Å². The predicted octanol–water partition coefficient (Wildman–Crippen LogP) is 4.62. The molecule has 0 bridgehead atoms. The van der Waals surface area contributed by atoms with Crippen LogP contribution in [-0.4, -0.2) is 12.7 Å². The highest BCUT2D eigenvalue weighted by molar-refractivity contribution is 7.25. The van der Waals surface area contributed by atoms with E-state index < -0.39 is 6.09 Å². The molecule has 2 aromatic carbocycles. The first kappa shape index (κ1) is 12.0. The molecule has 3 aromatic rings. The van der Waals surface area contributed by atoms with Crippen molar-refractivity contribution < 1.29 is 9.53 Å². The van der Waals surface area contributed by atoms with E-state index in [4.69, 9.17) is 4.74 Å². The van der Waals surface area contributed by atoms with Gasteiger partial charge in [-0.25, -0.2) is 4.79 Å². The summed E-state index contributed by atoms with van der Waals surface area (Å²) in [7, 11) is 0. The number of amides is 1. The summed E-state index contributed by atoms with van der Waals surface area (Å²) in [5, 5.41) is 5.20. The Morgan fingerprint density at radius 1 is 1.16 bits per heavy atom. The lowest BCUT2D eigenvalue weighted by molar-refractivity contribution is 0.168. The van der Waals surface area contributed by atoms with E-state index in [1.807, 2.05) is 30.3 Å². The molecular weight excluding hydrogens is 258 g/mol. The van der Waals surface area contributed by atoms with Gasteiger partial charge in [-0.3, -0.25) is 5.32 Å². The van der Waals surface area contributed by atoms with Crippen molar-refractivity contribution in [1.29, 1.82) is 0 Å². The van der Waals surface area contributed by atoms with E-state index in [-0.39, 0.29) is 0 Å². The van der Waals surface area contributed by atoms with Crippen molar-refractivity contribution in [3.05, 3.63) is 42.5 Å². The molecule has 0 aliphatic rings. The van der Waals surface area contributed by atoms with Gasteiger partial charge in [0.25, 0.3) is 0 Å². The molecule has 4 heteroatoms. The van der Waals surface area contributed by atoms with E-state index in [0.29, 0.717) is 6.61 Å². The average molecular weight is 271 g/mol. The normalized spacial score (nSPS) is 10.8. The molecule has 3 rings (SSSR count). The monoisotopic (exact) mass is 271 g/mol. The Labute approximate surface area is 114 Å². The number of fused-ring (bicyclic) bond motifs is 3. The van der Waals surface area contributed by atoms with Gasteiger partial charge in [-0.1, -0.05) is 24.3 Å². The van der Waals surface area contributed by atoms with Gasteiger partial charge in [0.2, 0.25) is 0 Å². The van der Waals surface area contributed by atoms with Crippen LogP contribution in [0.1, 0.15) is 6.92 Å². The van der Waals surface area contributed by atoms with Crippen LogP contribution < -0.4 is 5.32 Å². The Kier molecular flexibility index (Phi) is 3.09. The number of hydrogen-bond donors (Lipinski definition) is 1. The summed E-state index contributed by atoms with van der Waals surface area (Å²) in [6, 6.07) is 14.2. The van der Waals surface area contributed by atoms with Gasteiger partial charge in [-0.15, -0.1) is 11.3 Å². The third-order valence-electron chi connectivity index (χ3n) is 2.90. The van der Waals surface area contributed by atoms with E-state index in [2.05, 4.69) is 17.4 Å². The molecule has 0 unspecified atom stereocenters. The van der Waals surface area contributed by atoms with Crippen LogP contribution in [0.3, 0.4) is 0 Å². The van der Waals surface area contributed by atoms with Crippen LogP contribution in [0.5, 0.6) is 0 Å². The fourth-order valence-electron chi connectivity index (χ4n) is 2.09. The van der Waals surface area contributed by atoms with Crippen LogP contribution in [0.25, 0.3) is 20.2 Å². The zero-order valence-corrected chi connectivity index (χ0v) is 11.3. The van der Waals surface area contributed by atoms with Crippen LogP contribution >= 0.6 is 11.3 Å². The minimum atomic E-state index is -0.414. The second-order valence-electron chi connectivity index (χ2n) is 4.15. The van der Waals surface area contributed by atoms with Crippen molar-refractivity contribution in [2.24, 2.45) is 0 Å². The summed E-state index contributed by atoms with van der Waals surface area (Å²) in [4.78, 5) is 11.4. The molecule has 96 valence electrons. The number of carbonyl (C=O) groups excluding carboxylic acids is 1. The third-order valence-corrected chi connectivity index (χ3v) is 4.03. The molecule has 0 saturated carbocycles. The van der Waals surface area contributed by atoms with Gasteiger partial charge in [0.1, 0.15) is 0 Å². The highest BCUT2D eigenvalue weighted by Gasteiger charge is 2.07. The van der Waals surface area contributed by atoms with Gasteiger partial charge in [0, 0.05) is 25.9 Å². The quantitative estimate of drug-likeness (QED) is 0.738. The van der Waals surface area contributed by atoms with E-state index in [0.717, 1.165) is 10.4 Å². The second kappa shape index (κ2) is 4.90. The Bertz CT molecular complexity index is 748. The number of rotatable bonds is 2. The lowest BCUT2D eigenvalue weighted by Crippen LogP contribution is -2.12. The molecule has 0 fully saturated rings. The Morgan fingerprint density at radius 3 is 2.79 bits per heavy atom. The number of carbonyl (C=O) groups is 1. The minimum absolute atomic E-state index is 0.372. The van der Waals surface area contributed by atoms with Crippen molar-refractivity contribution in [2.75, 3.05) is 11.9 Å². The van der Waals surface area contributed by atoms with Gasteiger partial charge >= 0.3 is 6.09 Å². The van der Waals surface area contributed by atoms with Crippen molar-refractivity contribution >= 4 is 43.3 Å². The number of anilines is 1. The summed E-state index contributed by atoms with van der Waals surface area (Å²) < 4.78 is 7.29. The van der Waals surface area contributed by atoms with E-state index in [1.54, 1.807) is 18.3 Å². The van der Waals surface area contributed by atoms with Crippen LogP contribution in [0.15, 0.2) is 42.5 Å². The molecule has 0 radical (unpaired) electrons. The first-order valence-electron chi connectivity index (χ1n) is 6.13. The molecule has 0 saturated heterocycles. The van der Waals surface area contributed by atoms with Crippen molar-refractivity contribution in [2.45, 2.75) is 6.92 Å². The second-order valence-corrected chi connectivity index (χ2v) is 5.24. The van der Waals surface area contributed by atoms with E-state index in [1.165, 1.54) is 15.5 Å². The molecule has 1 aromatic heterocycles. The molecule has 0 aliphatic carbocycles. The third kappa shape index (κ3) is 2.27. The molecule has 0 aliphatic heterocycles. The van der Waals surface area contributed by atoms with Crippen molar-refractivity contribution in [1.82, 2.24) is 0 Å². The number of nitrogens with one attached hydrogen (secondary N) is 1. The van der Waals surface area contributed by atoms with E-state index >= 15 is 0 Å². The minimum Gasteiger partial charge on any atom is -0.450 e. The largest absolute Gasteiger partial charge is 0.450 e. The molecule has 1 N–H and O–H groups in total. The SMILES string of the molecule is CCOC(=O)Nc1ccc2c(c1)sc1ccccc12. The van der Waals surface area contributed by atoms with Crippen LogP contribution in [0.4, 0.5) is 10.5 Å². The fraction of sp³-hybridized carbons (Fsp3) is 0.133. The highest BCUT2D eigenvalue weighted by Crippen LogP contribution is 2.34. The molecule has 1 heterocycles. The zero-order valence-electron chi connectivity index (χ0n) is 10.5. The summed E-state index contributed by atoms with van der Waals surface area (Å²) in [5.41, 5.74) is 0.762. The fourth-order valence-corrected chi connectivity index (χ4v) is 3.23. The molecule has 0 spiro atoms. The van der Waals surface area contributed by atoms with Gasteiger partial charge in [0.05, 0.1) is 6.61 Å². The molecule has 0 atom stereocenters. The first-order chi connectivity index (χ1) is 9.28. The Balaban J connectivity index is 2.01. The maximum Gasteiger partial charge on any atom is 0.411 e. The van der Waals surface area contributed by atoms with Gasteiger partial charge in [-0.2, -0.15) is 0 Å². The summed E-state index contributed by atoms with van der Waals surface area (Å²) in [5.74, 6) is 0. The Hall–Kier alpha value is -2.07. The average Bonchev–Trinajstić information content (AvgIpc) is 2.76. The lowest BCUT2D eigenvalue weighted by atomic mass is 10.1.